The minimum Gasteiger partial charge on any atom is -0.327 e. The van der Waals surface area contributed by atoms with Crippen molar-refractivity contribution >= 4 is 34.0 Å². The second kappa shape index (κ2) is 8.01. The van der Waals surface area contributed by atoms with Crippen molar-refractivity contribution in [3.05, 3.63) is 29.1 Å². The minimum atomic E-state index is -0.00210. The van der Waals surface area contributed by atoms with E-state index < -0.39 is 0 Å². The van der Waals surface area contributed by atoms with Crippen molar-refractivity contribution in [2.75, 3.05) is 36.4 Å². The van der Waals surface area contributed by atoms with Crippen LogP contribution < -0.4 is 15.1 Å². The predicted molar refractivity (Wildman–Crippen MR) is 112 cm³/mol. The lowest BCUT2D eigenvalue weighted by Gasteiger charge is -2.19. The number of aromatic nitrogens is 1. The molecule has 1 aromatic heterocycles. The average Bonchev–Trinajstić information content (AvgIpc) is 3.41. The van der Waals surface area contributed by atoms with E-state index in [-0.39, 0.29) is 17.7 Å². The molecule has 28 heavy (non-hydrogen) atoms. The molecule has 0 atom stereocenters. The molecule has 1 aromatic carbocycles. The number of likely N-dealkylation sites (tertiary alicyclic amines) is 1. The first-order chi connectivity index (χ1) is 13.5. The Bertz CT molecular complexity index is 886. The number of amides is 2. The highest BCUT2D eigenvalue weighted by molar-refractivity contribution is 7.14. The van der Waals surface area contributed by atoms with Gasteiger partial charge in [-0.1, -0.05) is 19.9 Å². The van der Waals surface area contributed by atoms with Crippen molar-refractivity contribution in [1.82, 2.24) is 4.98 Å². The molecule has 2 aromatic rings. The summed E-state index contributed by atoms with van der Waals surface area (Å²) in [5.74, 6) is 0.206. The van der Waals surface area contributed by atoms with Gasteiger partial charge < -0.3 is 9.80 Å². The van der Waals surface area contributed by atoms with Crippen LogP contribution >= 0.6 is 11.3 Å². The molecule has 148 valence electrons. The molecule has 7 heteroatoms. The monoisotopic (exact) mass is 399 g/mol. The summed E-state index contributed by atoms with van der Waals surface area (Å²) < 4.78 is 0. The van der Waals surface area contributed by atoms with Crippen LogP contribution in [0.25, 0.3) is 11.3 Å². The summed E-state index contributed by atoms with van der Waals surface area (Å²) in [5.41, 5.74) is 4.09. The van der Waals surface area contributed by atoms with Gasteiger partial charge in [-0.25, -0.2) is 4.98 Å². The number of thiazole rings is 1. The maximum absolute atomic E-state index is 12.4. The summed E-state index contributed by atoms with van der Waals surface area (Å²) >= 11 is 1.46. The van der Waals surface area contributed by atoms with Crippen molar-refractivity contribution in [3.8, 4) is 11.3 Å². The highest BCUT2D eigenvalue weighted by Crippen LogP contribution is 2.34. The zero-order valence-electron chi connectivity index (χ0n) is 16.5. The van der Waals surface area contributed by atoms with E-state index >= 15 is 0 Å². The fraction of sp³-hybridized carbons (Fsp3) is 0.476. The van der Waals surface area contributed by atoms with Crippen LogP contribution in [0.3, 0.4) is 0 Å². The van der Waals surface area contributed by atoms with Crippen molar-refractivity contribution in [2.45, 2.75) is 33.1 Å². The van der Waals surface area contributed by atoms with E-state index in [1.165, 1.54) is 34.6 Å². The molecule has 3 heterocycles. The van der Waals surface area contributed by atoms with Crippen LogP contribution in [0.15, 0.2) is 23.6 Å². The second-order valence-electron chi connectivity index (χ2n) is 7.96. The van der Waals surface area contributed by atoms with Gasteiger partial charge in [0.25, 0.3) is 5.91 Å². The number of carbonyl (C=O) groups excluding carboxylic acids is 2. The van der Waals surface area contributed by atoms with Crippen LogP contribution in [0.1, 0.15) is 32.3 Å². The minimum absolute atomic E-state index is 0.00210. The van der Waals surface area contributed by atoms with Crippen LogP contribution in [-0.4, -0.2) is 43.0 Å². The Morgan fingerprint density at radius 2 is 2.07 bits per heavy atom. The molecule has 4 rings (SSSR count). The summed E-state index contributed by atoms with van der Waals surface area (Å²) in [4.78, 5) is 32.4. The predicted octanol–water partition coefficient (Wildman–Crippen LogP) is 1.97. The van der Waals surface area contributed by atoms with Gasteiger partial charge in [0.2, 0.25) is 5.91 Å². The van der Waals surface area contributed by atoms with Crippen molar-refractivity contribution < 1.29 is 14.5 Å². The Labute approximate surface area is 169 Å². The number of nitrogens with one attached hydrogen (secondary N) is 2. The number of carbonyl (C=O) groups is 2. The Morgan fingerprint density at radius 1 is 1.29 bits per heavy atom. The van der Waals surface area contributed by atoms with Crippen LogP contribution in [-0.2, 0) is 16.0 Å². The second-order valence-corrected chi connectivity index (χ2v) is 8.82. The zero-order chi connectivity index (χ0) is 19.7. The molecule has 0 radical (unpaired) electrons. The molecule has 2 aliphatic heterocycles. The van der Waals surface area contributed by atoms with E-state index in [4.69, 9.17) is 0 Å². The van der Waals surface area contributed by atoms with Gasteiger partial charge in [-0.05, 0) is 24.1 Å². The number of benzene rings is 1. The van der Waals surface area contributed by atoms with E-state index in [1.807, 2.05) is 36.3 Å². The molecule has 2 amide bonds. The van der Waals surface area contributed by atoms with Gasteiger partial charge in [0.1, 0.15) is 0 Å². The lowest BCUT2D eigenvalue weighted by Crippen LogP contribution is -3.11. The number of anilines is 2. The van der Waals surface area contributed by atoms with Gasteiger partial charge >= 0.3 is 0 Å². The maximum Gasteiger partial charge on any atom is 0.281 e. The number of rotatable bonds is 5. The third kappa shape index (κ3) is 3.95. The van der Waals surface area contributed by atoms with Crippen molar-refractivity contribution in [1.29, 1.82) is 0 Å². The fourth-order valence-corrected chi connectivity index (χ4v) is 4.74. The first kappa shape index (κ1) is 19.1. The summed E-state index contributed by atoms with van der Waals surface area (Å²) in [7, 11) is 0. The van der Waals surface area contributed by atoms with Gasteiger partial charge in [-0.2, -0.15) is 0 Å². The van der Waals surface area contributed by atoms with E-state index in [0.29, 0.717) is 11.7 Å². The van der Waals surface area contributed by atoms with Gasteiger partial charge in [0.15, 0.2) is 11.7 Å². The van der Waals surface area contributed by atoms with Crippen LogP contribution in [0.4, 0.5) is 10.8 Å². The number of fused-ring (bicyclic) bond motifs is 1. The summed E-state index contributed by atoms with van der Waals surface area (Å²) in [6, 6.07) is 6.16. The Morgan fingerprint density at radius 3 is 2.82 bits per heavy atom. The smallest absolute Gasteiger partial charge is 0.281 e. The van der Waals surface area contributed by atoms with Crippen LogP contribution in [0, 0.1) is 5.92 Å². The zero-order valence-corrected chi connectivity index (χ0v) is 17.3. The van der Waals surface area contributed by atoms with Gasteiger partial charge in [-0.3, -0.25) is 14.9 Å². The molecule has 0 saturated carbocycles. The highest BCUT2D eigenvalue weighted by Gasteiger charge is 2.26. The molecule has 6 nitrogen and oxygen atoms in total. The lowest BCUT2D eigenvalue weighted by molar-refractivity contribution is -0.878. The van der Waals surface area contributed by atoms with Gasteiger partial charge in [0.05, 0.1) is 18.8 Å². The van der Waals surface area contributed by atoms with E-state index in [2.05, 4.69) is 16.4 Å². The Hall–Kier alpha value is -2.25. The van der Waals surface area contributed by atoms with E-state index in [1.54, 1.807) is 0 Å². The molecule has 1 fully saturated rings. The number of hydrogen-bond donors (Lipinski definition) is 2. The quantitative estimate of drug-likeness (QED) is 0.808. The van der Waals surface area contributed by atoms with Crippen LogP contribution in [0.2, 0.25) is 0 Å². The Kier molecular flexibility index (Phi) is 5.46. The largest absolute Gasteiger partial charge is 0.327 e. The first-order valence-corrected chi connectivity index (χ1v) is 10.9. The average molecular weight is 400 g/mol. The molecule has 0 aliphatic carbocycles. The summed E-state index contributed by atoms with van der Waals surface area (Å²) in [6.07, 6.45) is 3.29. The van der Waals surface area contributed by atoms with Crippen molar-refractivity contribution in [3.63, 3.8) is 0 Å². The normalized spacial score (nSPS) is 16.6. The van der Waals surface area contributed by atoms with Crippen LogP contribution in [0.5, 0.6) is 0 Å². The fourth-order valence-electron chi connectivity index (χ4n) is 4.01. The molecular formula is C21H27N4O2S+. The summed E-state index contributed by atoms with van der Waals surface area (Å²) in [5, 5.41) is 5.57. The Balaban J connectivity index is 1.44. The SMILES string of the molecule is CC(C)C(=O)N1CCc2cc(-c3csc(NC(=O)C[NH+]4CCCC4)n3)ccc21. The van der Waals surface area contributed by atoms with E-state index in [0.717, 1.165) is 43.0 Å². The lowest BCUT2D eigenvalue weighted by atomic mass is 10.1. The standard InChI is InChI=1S/C21H26N4O2S/c1-14(2)20(27)25-10-7-16-11-15(5-6-18(16)25)17-13-28-21(22-17)23-19(26)12-24-8-3-4-9-24/h5-6,11,13-14H,3-4,7-10,12H2,1-2H3,(H,22,23,26)/p+1. The molecule has 2 N–H and O–H groups in total. The summed E-state index contributed by atoms with van der Waals surface area (Å²) in [6.45, 7) is 7.31. The number of quaternary nitrogens is 1. The molecule has 0 spiro atoms. The maximum atomic E-state index is 12.4. The molecule has 0 unspecified atom stereocenters. The third-order valence-corrected chi connectivity index (χ3v) is 6.26. The molecular weight excluding hydrogens is 372 g/mol. The van der Waals surface area contributed by atoms with Gasteiger partial charge in [0, 0.05) is 41.9 Å². The third-order valence-electron chi connectivity index (χ3n) is 5.50. The molecule has 1 saturated heterocycles. The highest BCUT2D eigenvalue weighted by atomic mass is 32.1. The van der Waals surface area contributed by atoms with Crippen molar-refractivity contribution in [2.24, 2.45) is 5.92 Å². The topological polar surface area (TPSA) is 66.7 Å². The van der Waals surface area contributed by atoms with Gasteiger partial charge in [-0.15, -0.1) is 11.3 Å². The van der Waals surface area contributed by atoms with E-state index in [9.17, 15) is 9.59 Å². The first-order valence-electron chi connectivity index (χ1n) is 10.0. The molecule has 2 aliphatic rings. The number of hydrogen-bond acceptors (Lipinski definition) is 4. The molecule has 0 bridgehead atoms. The number of nitrogens with zero attached hydrogens (tertiary/aromatic N) is 2.